The van der Waals surface area contributed by atoms with Crippen LogP contribution in [0.1, 0.15) is 46.0 Å². The second kappa shape index (κ2) is 7.80. The Labute approximate surface area is 122 Å². The lowest BCUT2D eigenvalue weighted by atomic mass is 9.81. The minimum atomic E-state index is -0.664. The van der Waals surface area contributed by atoms with Gasteiger partial charge in [-0.3, -0.25) is 4.79 Å². The lowest BCUT2D eigenvalue weighted by Gasteiger charge is -2.29. The van der Waals surface area contributed by atoms with Crippen molar-refractivity contribution in [2.24, 2.45) is 11.1 Å². The van der Waals surface area contributed by atoms with E-state index in [4.69, 9.17) is 18.0 Å². The predicted molar refractivity (Wildman–Crippen MR) is 83.1 cm³/mol. The lowest BCUT2D eigenvalue weighted by Crippen LogP contribution is -2.48. The number of nitrogens with one attached hydrogen (secondary N) is 1. The molecule has 0 atom stereocenters. The van der Waals surface area contributed by atoms with Crippen molar-refractivity contribution in [2.45, 2.75) is 46.0 Å². The maximum atomic E-state index is 12.3. The highest BCUT2D eigenvalue weighted by Crippen LogP contribution is 2.27. The van der Waals surface area contributed by atoms with Gasteiger partial charge in [-0.25, -0.2) is 0 Å². The van der Waals surface area contributed by atoms with Crippen LogP contribution in [0.3, 0.4) is 0 Å². The van der Waals surface area contributed by atoms with E-state index < -0.39 is 5.41 Å². The van der Waals surface area contributed by atoms with Crippen LogP contribution in [-0.4, -0.2) is 42.0 Å². The molecule has 1 aliphatic rings. The van der Waals surface area contributed by atoms with Crippen molar-refractivity contribution in [1.82, 2.24) is 10.2 Å². The number of hydrogen-bond donors (Lipinski definition) is 2. The third-order valence-corrected chi connectivity index (χ3v) is 4.64. The number of nitrogens with two attached hydrogens (primary N) is 1. The van der Waals surface area contributed by atoms with Crippen LogP contribution in [0, 0.1) is 5.41 Å². The van der Waals surface area contributed by atoms with E-state index in [1.165, 1.54) is 25.9 Å². The van der Waals surface area contributed by atoms with Crippen LogP contribution in [0.2, 0.25) is 0 Å². The molecule has 1 rings (SSSR count). The number of likely N-dealkylation sites (tertiary alicyclic amines) is 1. The van der Waals surface area contributed by atoms with Crippen molar-refractivity contribution in [3.63, 3.8) is 0 Å². The molecule has 1 saturated heterocycles. The zero-order chi connectivity index (χ0) is 14.3. The third kappa shape index (κ3) is 4.14. The summed E-state index contributed by atoms with van der Waals surface area (Å²) in [6.07, 6.45) is 4.94. The molecule has 3 N–H and O–H groups in total. The van der Waals surface area contributed by atoms with Gasteiger partial charge in [0.2, 0.25) is 5.91 Å². The fourth-order valence-electron chi connectivity index (χ4n) is 2.71. The monoisotopic (exact) mass is 285 g/mol. The minimum Gasteiger partial charge on any atom is -0.392 e. The molecule has 0 aromatic carbocycles. The van der Waals surface area contributed by atoms with Gasteiger partial charge in [-0.05, 0) is 51.7 Å². The molecule has 4 nitrogen and oxygen atoms in total. The molecule has 1 heterocycles. The van der Waals surface area contributed by atoms with Gasteiger partial charge in [-0.15, -0.1) is 0 Å². The minimum absolute atomic E-state index is 0.00794. The molecular weight excluding hydrogens is 258 g/mol. The topological polar surface area (TPSA) is 58.4 Å². The van der Waals surface area contributed by atoms with Crippen LogP contribution < -0.4 is 11.1 Å². The Hall–Kier alpha value is -0.680. The quantitative estimate of drug-likeness (QED) is 0.526. The summed E-state index contributed by atoms with van der Waals surface area (Å²) >= 11 is 5.08. The molecule has 0 spiro atoms. The van der Waals surface area contributed by atoms with Crippen molar-refractivity contribution in [3.05, 3.63) is 0 Å². The number of rotatable bonds is 8. The molecule has 1 aliphatic heterocycles. The summed E-state index contributed by atoms with van der Waals surface area (Å²) in [6.45, 7) is 8.11. The van der Waals surface area contributed by atoms with Crippen LogP contribution in [0.4, 0.5) is 0 Å². The van der Waals surface area contributed by atoms with Gasteiger partial charge >= 0.3 is 0 Å². The standard InChI is InChI=1S/C14H27N3OS/c1-3-14(4-2,12(15)19)13(18)16-8-7-11-17-9-5-6-10-17/h3-11H2,1-2H3,(H2,15,19)(H,16,18). The molecule has 5 heteroatoms. The largest absolute Gasteiger partial charge is 0.392 e. The molecule has 0 bridgehead atoms. The molecule has 0 aromatic rings. The summed E-state index contributed by atoms with van der Waals surface area (Å²) in [5, 5.41) is 3.00. The van der Waals surface area contributed by atoms with Crippen LogP contribution in [0.15, 0.2) is 0 Å². The van der Waals surface area contributed by atoms with Gasteiger partial charge in [0.05, 0.1) is 10.4 Å². The Kier molecular flexibility index (Phi) is 6.72. The van der Waals surface area contributed by atoms with Crippen LogP contribution in [0.5, 0.6) is 0 Å². The number of thiocarbonyl (C=S) groups is 1. The predicted octanol–water partition coefficient (Wildman–Crippen LogP) is 1.68. The SMILES string of the molecule is CCC(CC)(C(=O)NCCCN1CCCC1)C(N)=S. The lowest BCUT2D eigenvalue weighted by molar-refractivity contribution is -0.127. The first kappa shape index (κ1) is 16.4. The Morgan fingerprint density at radius 2 is 1.89 bits per heavy atom. The third-order valence-electron chi connectivity index (χ3n) is 4.25. The van der Waals surface area contributed by atoms with E-state index in [-0.39, 0.29) is 5.91 Å². The van der Waals surface area contributed by atoms with Crippen molar-refractivity contribution in [1.29, 1.82) is 0 Å². The normalized spacial score (nSPS) is 16.5. The van der Waals surface area contributed by atoms with Gasteiger partial charge in [0.1, 0.15) is 0 Å². The van der Waals surface area contributed by atoms with Crippen molar-refractivity contribution in [3.8, 4) is 0 Å². The molecule has 1 fully saturated rings. The molecule has 0 unspecified atom stereocenters. The number of carbonyl (C=O) groups is 1. The summed E-state index contributed by atoms with van der Waals surface area (Å²) in [4.78, 5) is 15.0. The second-order valence-corrected chi connectivity index (χ2v) is 5.75. The Morgan fingerprint density at radius 1 is 1.32 bits per heavy atom. The average Bonchev–Trinajstić information content (AvgIpc) is 2.89. The number of amides is 1. The molecule has 0 aliphatic carbocycles. The highest BCUT2D eigenvalue weighted by molar-refractivity contribution is 7.80. The van der Waals surface area contributed by atoms with E-state index in [0.29, 0.717) is 24.4 Å². The average molecular weight is 285 g/mol. The number of carbonyl (C=O) groups excluding carboxylic acids is 1. The van der Waals surface area contributed by atoms with E-state index in [1.807, 2.05) is 13.8 Å². The fourth-order valence-corrected chi connectivity index (χ4v) is 3.09. The summed E-state index contributed by atoms with van der Waals surface area (Å²) in [5.74, 6) is -0.00794. The van der Waals surface area contributed by atoms with Gasteiger partial charge in [-0.2, -0.15) is 0 Å². The molecular formula is C14H27N3OS. The van der Waals surface area contributed by atoms with Crippen LogP contribution in [-0.2, 0) is 4.79 Å². The fraction of sp³-hybridized carbons (Fsp3) is 0.857. The molecule has 19 heavy (non-hydrogen) atoms. The summed E-state index contributed by atoms with van der Waals surface area (Å²) in [6, 6.07) is 0. The van der Waals surface area contributed by atoms with Crippen LogP contribution in [0.25, 0.3) is 0 Å². The highest BCUT2D eigenvalue weighted by Gasteiger charge is 2.37. The molecule has 110 valence electrons. The van der Waals surface area contributed by atoms with E-state index in [2.05, 4.69) is 10.2 Å². The van der Waals surface area contributed by atoms with E-state index in [0.717, 1.165) is 13.0 Å². The van der Waals surface area contributed by atoms with Crippen molar-refractivity contribution < 1.29 is 4.79 Å². The van der Waals surface area contributed by atoms with E-state index >= 15 is 0 Å². The molecule has 0 saturated carbocycles. The van der Waals surface area contributed by atoms with E-state index in [1.54, 1.807) is 0 Å². The molecule has 0 radical (unpaired) electrons. The zero-order valence-electron chi connectivity index (χ0n) is 12.2. The maximum Gasteiger partial charge on any atom is 0.233 e. The van der Waals surface area contributed by atoms with Crippen LogP contribution >= 0.6 is 12.2 Å². The Bertz CT molecular complexity index is 310. The van der Waals surface area contributed by atoms with Gasteiger partial charge in [0.15, 0.2) is 0 Å². The molecule has 1 amide bonds. The van der Waals surface area contributed by atoms with Gasteiger partial charge < -0.3 is 16.0 Å². The van der Waals surface area contributed by atoms with Gasteiger partial charge in [0, 0.05) is 6.54 Å². The highest BCUT2D eigenvalue weighted by atomic mass is 32.1. The van der Waals surface area contributed by atoms with Crippen molar-refractivity contribution in [2.75, 3.05) is 26.2 Å². The zero-order valence-corrected chi connectivity index (χ0v) is 13.0. The van der Waals surface area contributed by atoms with Gasteiger partial charge in [-0.1, -0.05) is 26.1 Å². The number of hydrogen-bond acceptors (Lipinski definition) is 3. The molecule has 0 aromatic heterocycles. The first-order chi connectivity index (χ1) is 9.06. The number of nitrogens with zero attached hydrogens (tertiary/aromatic N) is 1. The first-order valence-electron chi connectivity index (χ1n) is 7.37. The Morgan fingerprint density at radius 3 is 2.37 bits per heavy atom. The van der Waals surface area contributed by atoms with E-state index in [9.17, 15) is 4.79 Å². The van der Waals surface area contributed by atoms with Crippen molar-refractivity contribution >= 4 is 23.1 Å². The van der Waals surface area contributed by atoms with Gasteiger partial charge in [0.25, 0.3) is 0 Å². The smallest absolute Gasteiger partial charge is 0.233 e. The second-order valence-electron chi connectivity index (χ2n) is 5.31. The summed E-state index contributed by atoms with van der Waals surface area (Å²) < 4.78 is 0. The Balaban J connectivity index is 2.34. The summed E-state index contributed by atoms with van der Waals surface area (Å²) in [7, 11) is 0. The first-order valence-corrected chi connectivity index (χ1v) is 7.78. The summed E-state index contributed by atoms with van der Waals surface area (Å²) in [5.41, 5.74) is 5.10. The maximum absolute atomic E-state index is 12.3.